The Kier molecular flexibility index (Phi) is 5.97. The first-order valence-electron chi connectivity index (χ1n) is 9.57. The molecule has 3 aromatic rings. The van der Waals surface area contributed by atoms with Crippen LogP contribution in [0.4, 0.5) is 0 Å². The van der Waals surface area contributed by atoms with Crippen LogP contribution < -0.4 is 5.56 Å². The summed E-state index contributed by atoms with van der Waals surface area (Å²) in [7, 11) is 0. The van der Waals surface area contributed by atoms with Crippen molar-refractivity contribution in [1.29, 1.82) is 0 Å². The van der Waals surface area contributed by atoms with Crippen LogP contribution in [0.3, 0.4) is 0 Å². The lowest BCUT2D eigenvalue weighted by molar-refractivity contribution is 0.346. The van der Waals surface area contributed by atoms with E-state index in [9.17, 15) is 4.79 Å². The normalized spacial score (nSPS) is 15.1. The molecule has 3 aromatic heterocycles. The second-order valence-corrected chi connectivity index (χ2v) is 6.31. The zero-order valence-electron chi connectivity index (χ0n) is 16.1. The number of aromatic nitrogens is 4. The first-order valence-corrected chi connectivity index (χ1v) is 9.57. The summed E-state index contributed by atoms with van der Waals surface area (Å²) in [5.41, 5.74) is 2.44. The molecular formula is C22H24N4O. The predicted octanol–water partition coefficient (Wildman–Crippen LogP) is 3.58. The Morgan fingerprint density at radius 3 is 2.81 bits per heavy atom. The molecule has 4 heterocycles. The third-order valence-electron chi connectivity index (χ3n) is 4.67. The summed E-state index contributed by atoms with van der Waals surface area (Å²) in [6.07, 6.45) is 6.35. The van der Waals surface area contributed by atoms with E-state index >= 15 is 0 Å². The molecule has 1 unspecified atom stereocenters. The maximum atomic E-state index is 12.7. The van der Waals surface area contributed by atoms with Crippen molar-refractivity contribution in [3.8, 4) is 11.8 Å². The molecule has 0 saturated carbocycles. The minimum absolute atomic E-state index is 0.0395. The van der Waals surface area contributed by atoms with Gasteiger partial charge in [0.1, 0.15) is 11.5 Å². The van der Waals surface area contributed by atoms with Crippen LogP contribution >= 0.6 is 0 Å². The topological polar surface area (TPSA) is 60.7 Å². The van der Waals surface area contributed by atoms with Gasteiger partial charge in [0.25, 0.3) is 5.56 Å². The fourth-order valence-electron chi connectivity index (χ4n) is 3.18. The van der Waals surface area contributed by atoms with E-state index in [2.05, 4.69) is 33.7 Å². The molecular weight excluding hydrogens is 336 g/mol. The Morgan fingerprint density at radius 2 is 2.07 bits per heavy atom. The molecule has 4 rings (SSSR count). The summed E-state index contributed by atoms with van der Waals surface area (Å²) in [5, 5.41) is 0. The maximum absolute atomic E-state index is 12.7. The summed E-state index contributed by atoms with van der Waals surface area (Å²) in [6, 6.07) is 7.44. The van der Waals surface area contributed by atoms with Gasteiger partial charge in [-0.25, -0.2) is 15.0 Å². The molecule has 0 N–H and O–H groups in total. The average molecular weight is 360 g/mol. The van der Waals surface area contributed by atoms with Crippen LogP contribution in [-0.4, -0.2) is 19.5 Å². The van der Waals surface area contributed by atoms with Gasteiger partial charge >= 0.3 is 0 Å². The van der Waals surface area contributed by atoms with E-state index in [-0.39, 0.29) is 5.56 Å². The first-order chi connectivity index (χ1) is 13.2. The zero-order chi connectivity index (χ0) is 19.2. The van der Waals surface area contributed by atoms with Crippen LogP contribution in [0.15, 0.2) is 41.5 Å². The summed E-state index contributed by atoms with van der Waals surface area (Å²) in [6.45, 7) is 6.91. The van der Waals surface area contributed by atoms with Crippen LogP contribution in [0, 0.1) is 17.8 Å². The number of hydrogen-bond donors (Lipinski definition) is 0. The number of rotatable bonds is 1. The van der Waals surface area contributed by atoms with Gasteiger partial charge in [-0.15, -0.1) is 0 Å². The fraction of sp³-hybridized carbons (Fsp3) is 0.364. The Hall–Kier alpha value is -3.00. The van der Waals surface area contributed by atoms with E-state index < -0.39 is 0 Å². The van der Waals surface area contributed by atoms with Crippen molar-refractivity contribution in [2.24, 2.45) is 5.92 Å². The Morgan fingerprint density at radius 1 is 1.22 bits per heavy atom. The van der Waals surface area contributed by atoms with Crippen molar-refractivity contribution in [3.05, 3.63) is 64.1 Å². The summed E-state index contributed by atoms with van der Waals surface area (Å²) in [5.74, 6) is 7.46. The van der Waals surface area contributed by atoms with Gasteiger partial charge in [0.05, 0.1) is 5.52 Å². The molecule has 5 nitrogen and oxygen atoms in total. The van der Waals surface area contributed by atoms with Crippen molar-refractivity contribution < 1.29 is 0 Å². The average Bonchev–Trinajstić information content (AvgIpc) is 2.74. The monoisotopic (exact) mass is 360 g/mol. The second kappa shape index (κ2) is 8.59. The predicted molar refractivity (Wildman–Crippen MR) is 107 cm³/mol. The van der Waals surface area contributed by atoms with Gasteiger partial charge in [0.2, 0.25) is 0 Å². The summed E-state index contributed by atoms with van der Waals surface area (Å²) in [4.78, 5) is 25.9. The van der Waals surface area contributed by atoms with Gasteiger partial charge in [-0.2, -0.15) is 0 Å². The molecule has 1 aliphatic rings. The Balaban J connectivity index is 0.00000102. The number of aryl methyl sites for hydroxylation is 1. The molecule has 0 amide bonds. The highest BCUT2D eigenvalue weighted by molar-refractivity contribution is 5.74. The van der Waals surface area contributed by atoms with Gasteiger partial charge in [-0.3, -0.25) is 9.36 Å². The van der Waals surface area contributed by atoms with E-state index in [0.717, 1.165) is 37.2 Å². The molecule has 5 heteroatoms. The fourth-order valence-corrected chi connectivity index (χ4v) is 3.18. The van der Waals surface area contributed by atoms with Crippen LogP contribution in [0.2, 0.25) is 0 Å². The van der Waals surface area contributed by atoms with Gasteiger partial charge < -0.3 is 0 Å². The lowest BCUT2D eigenvalue weighted by Gasteiger charge is -2.24. The van der Waals surface area contributed by atoms with Crippen molar-refractivity contribution in [2.75, 3.05) is 0 Å². The van der Waals surface area contributed by atoms with E-state index in [1.807, 2.05) is 38.1 Å². The van der Waals surface area contributed by atoms with Crippen molar-refractivity contribution in [3.63, 3.8) is 0 Å². The highest BCUT2D eigenvalue weighted by Crippen LogP contribution is 2.21. The number of hydrogen-bond acceptors (Lipinski definition) is 4. The smallest absolute Gasteiger partial charge is 0.280 e. The first kappa shape index (κ1) is 18.8. The van der Waals surface area contributed by atoms with Crippen molar-refractivity contribution >= 4 is 11.0 Å². The van der Waals surface area contributed by atoms with E-state index in [0.29, 0.717) is 22.6 Å². The molecule has 138 valence electrons. The Labute approximate surface area is 159 Å². The van der Waals surface area contributed by atoms with Gasteiger partial charge in [0.15, 0.2) is 5.52 Å². The number of pyridine rings is 2. The van der Waals surface area contributed by atoms with Crippen molar-refractivity contribution in [2.45, 2.75) is 46.6 Å². The number of fused-ring (bicyclic) bond motifs is 2. The van der Waals surface area contributed by atoms with Gasteiger partial charge in [0, 0.05) is 30.9 Å². The SMILES string of the molecule is CC.CCC1CCc2nc3cc(C#Cc4ccccn4)cnc3c(=O)n2C1. The molecule has 0 saturated heterocycles. The number of nitrogens with zero attached hydrogens (tertiary/aromatic N) is 4. The van der Waals surface area contributed by atoms with Gasteiger partial charge in [-0.05, 0) is 36.5 Å². The molecule has 1 atom stereocenters. The molecule has 0 radical (unpaired) electrons. The maximum Gasteiger partial charge on any atom is 0.280 e. The Bertz CT molecular complexity index is 1040. The van der Waals surface area contributed by atoms with E-state index in [1.54, 1.807) is 17.0 Å². The summed E-state index contributed by atoms with van der Waals surface area (Å²) >= 11 is 0. The lowest BCUT2D eigenvalue weighted by atomic mass is 9.96. The highest BCUT2D eigenvalue weighted by Gasteiger charge is 2.21. The standard InChI is InChI=1S/C20H18N4O.C2H6/c1-2-14-7-9-18-23-17-11-15(6-8-16-5-3-4-10-21-16)12-22-19(17)20(25)24(18)13-14;1-2/h3-5,10-12,14H,2,7,9,13H2,1H3;1-2H3. The molecule has 27 heavy (non-hydrogen) atoms. The van der Waals surface area contributed by atoms with E-state index in [4.69, 9.17) is 0 Å². The third-order valence-corrected chi connectivity index (χ3v) is 4.67. The van der Waals surface area contributed by atoms with Crippen molar-refractivity contribution in [1.82, 2.24) is 19.5 Å². The molecule has 0 spiro atoms. The minimum atomic E-state index is -0.0395. The highest BCUT2D eigenvalue weighted by atomic mass is 16.1. The quantitative estimate of drug-likeness (QED) is 0.622. The zero-order valence-corrected chi connectivity index (χ0v) is 16.1. The van der Waals surface area contributed by atoms with Gasteiger partial charge in [-0.1, -0.05) is 39.2 Å². The molecule has 0 bridgehead atoms. The second-order valence-electron chi connectivity index (χ2n) is 6.31. The molecule has 0 fully saturated rings. The molecule has 0 aliphatic carbocycles. The third kappa shape index (κ3) is 4.06. The van der Waals surface area contributed by atoms with Crippen LogP contribution in [-0.2, 0) is 13.0 Å². The lowest BCUT2D eigenvalue weighted by Crippen LogP contribution is -2.32. The molecule has 1 aliphatic heterocycles. The largest absolute Gasteiger partial charge is 0.294 e. The van der Waals surface area contributed by atoms with Crippen LogP contribution in [0.1, 0.15) is 50.7 Å². The summed E-state index contributed by atoms with van der Waals surface area (Å²) < 4.78 is 1.80. The van der Waals surface area contributed by atoms with E-state index in [1.165, 1.54) is 0 Å². The van der Waals surface area contributed by atoms with Crippen LogP contribution in [0.5, 0.6) is 0 Å². The van der Waals surface area contributed by atoms with Crippen LogP contribution in [0.25, 0.3) is 11.0 Å². The molecule has 0 aromatic carbocycles. The minimum Gasteiger partial charge on any atom is -0.294 e.